The fourth-order valence-corrected chi connectivity index (χ4v) is 3.77. The molecule has 2 N–H and O–H groups in total. The van der Waals surface area contributed by atoms with E-state index in [2.05, 4.69) is 15.3 Å². The molecule has 1 aliphatic heterocycles. The van der Waals surface area contributed by atoms with Gasteiger partial charge in [-0.1, -0.05) is 75.4 Å². The SMILES string of the molecule is CC(C)(C)C(=O)CN1C(=O)C(NC(=O)[C@@H](O)c2ccccc2)N=C(c2ccccn2)c2ccccc21. The van der Waals surface area contributed by atoms with Crippen LogP contribution in [0.4, 0.5) is 5.69 Å². The van der Waals surface area contributed by atoms with Crippen LogP contribution in [-0.2, 0) is 14.4 Å². The summed E-state index contributed by atoms with van der Waals surface area (Å²) in [7, 11) is 0. The molecule has 0 saturated carbocycles. The number of para-hydroxylation sites is 1. The normalized spacial score (nSPS) is 16.4. The summed E-state index contributed by atoms with van der Waals surface area (Å²) in [4.78, 5) is 50.1. The molecule has 184 valence electrons. The van der Waals surface area contributed by atoms with Crippen LogP contribution in [0.1, 0.15) is 43.7 Å². The van der Waals surface area contributed by atoms with E-state index in [0.717, 1.165) is 0 Å². The lowest BCUT2D eigenvalue weighted by Gasteiger charge is -2.28. The van der Waals surface area contributed by atoms with Crippen molar-refractivity contribution in [3.05, 3.63) is 95.8 Å². The Morgan fingerprint density at radius 2 is 1.67 bits per heavy atom. The van der Waals surface area contributed by atoms with Crippen LogP contribution >= 0.6 is 0 Å². The van der Waals surface area contributed by atoms with Crippen molar-refractivity contribution in [1.29, 1.82) is 0 Å². The minimum atomic E-state index is -1.50. The highest BCUT2D eigenvalue weighted by Gasteiger charge is 2.36. The summed E-state index contributed by atoms with van der Waals surface area (Å²) in [5.74, 6) is -1.52. The number of nitrogens with zero attached hydrogens (tertiary/aromatic N) is 3. The summed E-state index contributed by atoms with van der Waals surface area (Å²) in [5.41, 5.74) is 1.69. The number of ketones is 1. The first-order chi connectivity index (χ1) is 17.2. The van der Waals surface area contributed by atoms with Gasteiger partial charge in [0.25, 0.3) is 11.8 Å². The molecule has 0 radical (unpaired) electrons. The van der Waals surface area contributed by atoms with Crippen molar-refractivity contribution < 1.29 is 19.5 Å². The van der Waals surface area contributed by atoms with Crippen LogP contribution in [0.3, 0.4) is 0 Å². The third-order valence-electron chi connectivity index (χ3n) is 5.90. The summed E-state index contributed by atoms with van der Waals surface area (Å²) in [5, 5.41) is 13.2. The second-order valence-electron chi connectivity index (χ2n) is 9.53. The van der Waals surface area contributed by atoms with E-state index >= 15 is 0 Å². The van der Waals surface area contributed by atoms with Crippen molar-refractivity contribution in [2.45, 2.75) is 33.0 Å². The van der Waals surface area contributed by atoms with Gasteiger partial charge in [0, 0.05) is 17.2 Å². The lowest BCUT2D eigenvalue weighted by molar-refractivity contribution is -0.133. The number of hydrogen-bond donors (Lipinski definition) is 2. The Morgan fingerprint density at radius 1 is 1.00 bits per heavy atom. The number of benzodiazepines with no additional fused rings is 1. The molecule has 0 saturated heterocycles. The topological polar surface area (TPSA) is 112 Å². The molecule has 8 nitrogen and oxygen atoms in total. The minimum absolute atomic E-state index is 0.152. The van der Waals surface area contributed by atoms with E-state index in [1.807, 2.05) is 6.07 Å². The Kier molecular flexibility index (Phi) is 7.07. The molecule has 36 heavy (non-hydrogen) atoms. The Balaban J connectivity index is 1.79. The molecule has 0 fully saturated rings. The first-order valence-corrected chi connectivity index (χ1v) is 11.6. The molecule has 2 atom stereocenters. The number of aliphatic hydroxyl groups is 1. The lowest BCUT2D eigenvalue weighted by atomic mass is 9.90. The number of Topliss-reactive ketones (excluding diaryl/α,β-unsaturated/α-hetero) is 1. The van der Waals surface area contributed by atoms with Crippen molar-refractivity contribution >= 4 is 29.0 Å². The van der Waals surface area contributed by atoms with Crippen LogP contribution in [0.25, 0.3) is 0 Å². The van der Waals surface area contributed by atoms with Gasteiger partial charge in [0.15, 0.2) is 11.9 Å². The summed E-state index contributed by atoms with van der Waals surface area (Å²) in [6.07, 6.45) is -1.27. The predicted molar refractivity (Wildman–Crippen MR) is 136 cm³/mol. The Morgan fingerprint density at radius 3 is 2.33 bits per heavy atom. The first-order valence-electron chi connectivity index (χ1n) is 11.6. The van der Waals surface area contributed by atoms with Crippen molar-refractivity contribution in [1.82, 2.24) is 10.3 Å². The molecule has 3 aromatic rings. The molecule has 0 aliphatic carbocycles. The molecule has 1 aliphatic rings. The second kappa shape index (κ2) is 10.2. The number of hydrogen-bond acceptors (Lipinski definition) is 6. The Hall–Kier alpha value is -4.17. The zero-order chi connectivity index (χ0) is 25.9. The standard InChI is InChI=1S/C28H28N4O4/c1-28(2,3)22(33)17-32-21-15-8-7-13-19(21)23(20-14-9-10-16-29-20)30-25(27(32)36)31-26(35)24(34)18-11-5-4-6-12-18/h4-16,24-25,34H,17H2,1-3H3,(H,31,35)/t24-,25?/m0/s1. The maximum atomic E-state index is 13.8. The minimum Gasteiger partial charge on any atom is -0.378 e. The van der Waals surface area contributed by atoms with Gasteiger partial charge in [-0.2, -0.15) is 0 Å². The van der Waals surface area contributed by atoms with Gasteiger partial charge >= 0.3 is 0 Å². The molecular weight excluding hydrogens is 456 g/mol. The predicted octanol–water partition coefficient (Wildman–Crippen LogP) is 3.06. The van der Waals surface area contributed by atoms with E-state index in [9.17, 15) is 19.5 Å². The molecule has 0 bridgehead atoms. The number of fused-ring (bicyclic) bond motifs is 1. The third kappa shape index (κ3) is 5.23. The van der Waals surface area contributed by atoms with Crippen molar-refractivity contribution in [2.75, 3.05) is 11.4 Å². The number of aliphatic hydroxyl groups excluding tert-OH is 1. The maximum Gasteiger partial charge on any atom is 0.272 e. The van der Waals surface area contributed by atoms with Crippen LogP contribution in [0.2, 0.25) is 0 Å². The van der Waals surface area contributed by atoms with Gasteiger partial charge in [0.1, 0.15) is 0 Å². The second-order valence-corrected chi connectivity index (χ2v) is 9.53. The molecule has 2 amide bonds. The number of carbonyl (C=O) groups excluding carboxylic acids is 3. The molecule has 1 unspecified atom stereocenters. The van der Waals surface area contributed by atoms with Crippen LogP contribution in [0, 0.1) is 5.41 Å². The van der Waals surface area contributed by atoms with E-state index < -0.39 is 29.5 Å². The zero-order valence-electron chi connectivity index (χ0n) is 20.4. The summed E-state index contributed by atoms with van der Waals surface area (Å²) in [6, 6.07) is 20.9. The highest BCUT2D eigenvalue weighted by atomic mass is 16.3. The zero-order valence-corrected chi connectivity index (χ0v) is 20.4. The number of carbonyl (C=O) groups is 3. The molecule has 2 heterocycles. The van der Waals surface area contributed by atoms with Crippen LogP contribution in [-0.4, -0.2) is 46.1 Å². The average molecular weight is 485 g/mol. The number of nitrogens with one attached hydrogen (secondary N) is 1. The van der Waals surface area contributed by atoms with Crippen molar-refractivity contribution in [2.24, 2.45) is 10.4 Å². The van der Waals surface area contributed by atoms with Gasteiger partial charge < -0.3 is 15.3 Å². The highest BCUT2D eigenvalue weighted by Crippen LogP contribution is 2.29. The van der Waals surface area contributed by atoms with Crippen LogP contribution in [0.5, 0.6) is 0 Å². The van der Waals surface area contributed by atoms with E-state index in [-0.39, 0.29) is 12.3 Å². The first kappa shape index (κ1) is 24.9. The summed E-state index contributed by atoms with van der Waals surface area (Å²) >= 11 is 0. The van der Waals surface area contributed by atoms with Crippen molar-refractivity contribution in [3.8, 4) is 0 Å². The maximum absolute atomic E-state index is 13.8. The quantitative estimate of drug-likeness (QED) is 0.559. The Bertz CT molecular complexity index is 1300. The molecule has 8 heteroatoms. The van der Waals surface area contributed by atoms with Gasteiger partial charge in [-0.25, -0.2) is 4.99 Å². The highest BCUT2D eigenvalue weighted by molar-refractivity contribution is 6.20. The molecule has 0 spiro atoms. The van der Waals surface area contributed by atoms with E-state index in [0.29, 0.717) is 28.2 Å². The number of anilines is 1. The lowest BCUT2D eigenvalue weighted by Crippen LogP contribution is -2.50. The molecule has 2 aromatic carbocycles. The van der Waals surface area contributed by atoms with Gasteiger partial charge in [-0.15, -0.1) is 0 Å². The van der Waals surface area contributed by atoms with Crippen molar-refractivity contribution in [3.63, 3.8) is 0 Å². The number of amides is 2. The summed E-state index contributed by atoms with van der Waals surface area (Å²) in [6.45, 7) is 5.16. The number of pyridine rings is 1. The monoisotopic (exact) mass is 484 g/mol. The third-order valence-corrected chi connectivity index (χ3v) is 5.90. The fraction of sp³-hybridized carbons (Fsp3) is 0.250. The van der Waals surface area contributed by atoms with Gasteiger partial charge in [-0.3, -0.25) is 19.4 Å². The largest absolute Gasteiger partial charge is 0.378 e. The number of benzene rings is 2. The number of aromatic nitrogens is 1. The van der Waals surface area contributed by atoms with Crippen LogP contribution < -0.4 is 10.2 Å². The molecular formula is C28H28N4O4. The molecule has 1 aromatic heterocycles. The van der Waals surface area contributed by atoms with Gasteiger partial charge in [0.05, 0.1) is 23.6 Å². The number of rotatable bonds is 6. The smallest absolute Gasteiger partial charge is 0.272 e. The van der Waals surface area contributed by atoms with E-state index in [1.54, 1.807) is 93.7 Å². The Labute approximate surface area is 209 Å². The van der Waals surface area contributed by atoms with Gasteiger partial charge in [-0.05, 0) is 23.8 Å². The van der Waals surface area contributed by atoms with E-state index in [4.69, 9.17) is 0 Å². The fourth-order valence-electron chi connectivity index (χ4n) is 3.77. The average Bonchev–Trinajstić information content (AvgIpc) is 2.99. The van der Waals surface area contributed by atoms with Crippen LogP contribution in [0.15, 0.2) is 84.0 Å². The number of aliphatic imine (C=N–C) groups is 1. The summed E-state index contributed by atoms with van der Waals surface area (Å²) < 4.78 is 0. The van der Waals surface area contributed by atoms with E-state index in [1.165, 1.54) is 4.90 Å². The molecule has 4 rings (SSSR count). The van der Waals surface area contributed by atoms with Gasteiger partial charge in [0.2, 0.25) is 6.17 Å².